The van der Waals surface area contributed by atoms with E-state index in [9.17, 15) is 4.79 Å². The number of Topliss-reactive ketones (excluding diaryl/α,β-unsaturated/α-hetero) is 1. The molecule has 142 valence electrons. The molecule has 0 aliphatic heterocycles. The Morgan fingerprint density at radius 3 is 2.52 bits per heavy atom. The van der Waals surface area contributed by atoms with E-state index in [-0.39, 0.29) is 11.0 Å². The van der Waals surface area contributed by atoms with Crippen LogP contribution in [0.25, 0.3) is 5.78 Å². The van der Waals surface area contributed by atoms with Crippen molar-refractivity contribution in [2.75, 3.05) is 23.7 Å². The average Bonchev–Trinajstić information content (AvgIpc) is 3.05. The molecule has 0 radical (unpaired) electrons. The highest BCUT2D eigenvalue weighted by atomic mass is 79.9. The number of aromatic nitrogens is 5. The summed E-state index contributed by atoms with van der Waals surface area (Å²) >= 11 is 4.68. The molecule has 0 aliphatic rings. The molecule has 3 aromatic rings. The monoisotopic (exact) mass is 449 g/mol. The van der Waals surface area contributed by atoms with Crippen molar-refractivity contribution in [3.8, 4) is 0 Å². The van der Waals surface area contributed by atoms with Gasteiger partial charge in [-0.2, -0.15) is 19.5 Å². The van der Waals surface area contributed by atoms with Crippen molar-refractivity contribution in [2.45, 2.75) is 31.2 Å². The number of benzene rings is 1. The molecule has 27 heavy (non-hydrogen) atoms. The van der Waals surface area contributed by atoms with Crippen LogP contribution in [0.4, 0.5) is 11.9 Å². The molecule has 0 bridgehead atoms. The maximum Gasteiger partial charge on any atom is 0.259 e. The van der Waals surface area contributed by atoms with Crippen molar-refractivity contribution in [3.63, 3.8) is 0 Å². The smallest absolute Gasteiger partial charge is 0.259 e. The molecule has 2 N–H and O–H groups in total. The Labute approximate surface area is 169 Å². The highest BCUT2D eigenvalue weighted by Gasteiger charge is 2.20. The number of hydrogen-bond donors (Lipinski definition) is 2. The summed E-state index contributed by atoms with van der Waals surface area (Å²) in [7, 11) is 0. The summed E-state index contributed by atoms with van der Waals surface area (Å²) in [6.45, 7) is 7.20. The number of ketones is 1. The van der Waals surface area contributed by atoms with Crippen LogP contribution in [0.2, 0.25) is 0 Å². The number of hydrogen-bond acceptors (Lipinski definition) is 8. The number of carbonyl (C=O) groups is 1. The predicted molar refractivity (Wildman–Crippen MR) is 111 cm³/mol. The van der Waals surface area contributed by atoms with Gasteiger partial charge in [-0.15, -0.1) is 5.10 Å². The van der Waals surface area contributed by atoms with Gasteiger partial charge in [0.1, 0.15) is 0 Å². The second-order valence-corrected chi connectivity index (χ2v) is 7.89. The number of halogens is 1. The van der Waals surface area contributed by atoms with Crippen LogP contribution >= 0.6 is 27.7 Å². The van der Waals surface area contributed by atoms with E-state index >= 15 is 0 Å². The molecule has 0 spiro atoms. The summed E-state index contributed by atoms with van der Waals surface area (Å²) in [5.41, 5.74) is 0.657. The Kier molecular flexibility index (Phi) is 6.27. The minimum atomic E-state index is -0.327. The summed E-state index contributed by atoms with van der Waals surface area (Å²) in [5.74, 6) is 1.51. The van der Waals surface area contributed by atoms with Gasteiger partial charge in [0.05, 0.1) is 5.25 Å². The van der Waals surface area contributed by atoms with E-state index in [1.54, 1.807) is 16.6 Å². The Hall–Kier alpha value is -2.20. The molecule has 1 atom stereocenters. The topological polar surface area (TPSA) is 97.1 Å². The van der Waals surface area contributed by atoms with E-state index in [2.05, 4.69) is 46.6 Å². The SMILES string of the molecule is CCNc1nc(NCC)n2nc(SC(C)C(=O)c3ccc(Br)cc3)nc2n1. The van der Waals surface area contributed by atoms with Crippen molar-refractivity contribution < 1.29 is 4.79 Å². The third kappa shape index (κ3) is 4.56. The zero-order valence-corrected chi connectivity index (χ0v) is 17.6. The van der Waals surface area contributed by atoms with Gasteiger partial charge in [-0.05, 0) is 32.9 Å². The molecule has 1 unspecified atom stereocenters. The predicted octanol–water partition coefficient (Wildman–Crippen LogP) is 3.51. The van der Waals surface area contributed by atoms with E-state index < -0.39 is 0 Å². The van der Waals surface area contributed by atoms with Crippen molar-refractivity contribution >= 4 is 51.1 Å². The normalized spacial score (nSPS) is 12.1. The zero-order valence-electron chi connectivity index (χ0n) is 15.2. The fourth-order valence-electron chi connectivity index (χ4n) is 2.39. The van der Waals surface area contributed by atoms with Crippen LogP contribution in [0.1, 0.15) is 31.1 Å². The third-order valence-electron chi connectivity index (χ3n) is 3.64. The molecule has 0 saturated carbocycles. The van der Waals surface area contributed by atoms with Gasteiger partial charge in [0, 0.05) is 23.1 Å². The standard InChI is InChI=1S/C17H20BrN7OS/c1-4-19-14-21-15(20-5-2)25-16(22-14)23-17(24-25)27-10(3)13(26)11-6-8-12(18)9-7-11/h6-10H,4-5H2,1-3H3,(H2,19,20,21,22,23,24). The molecule has 3 rings (SSSR count). The summed E-state index contributed by atoms with van der Waals surface area (Å²) in [6.07, 6.45) is 0. The van der Waals surface area contributed by atoms with E-state index in [0.717, 1.165) is 4.47 Å². The average molecular weight is 450 g/mol. The molecule has 8 nitrogen and oxygen atoms in total. The van der Waals surface area contributed by atoms with E-state index in [1.165, 1.54) is 11.8 Å². The lowest BCUT2D eigenvalue weighted by Gasteiger charge is -2.07. The Morgan fingerprint density at radius 2 is 1.85 bits per heavy atom. The molecule has 10 heteroatoms. The number of anilines is 2. The van der Waals surface area contributed by atoms with Gasteiger partial charge in [0.15, 0.2) is 5.78 Å². The number of nitrogens with zero attached hydrogens (tertiary/aromatic N) is 5. The minimum Gasteiger partial charge on any atom is -0.354 e. The van der Waals surface area contributed by atoms with Crippen molar-refractivity contribution in [3.05, 3.63) is 34.3 Å². The zero-order chi connectivity index (χ0) is 19.4. The molecule has 0 aliphatic carbocycles. The second kappa shape index (κ2) is 8.66. The molecular weight excluding hydrogens is 430 g/mol. The summed E-state index contributed by atoms with van der Waals surface area (Å²) in [5, 5.41) is 10.9. The minimum absolute atomic E-state index is 0.0256. The molecule has 1 aromatic carbocycles. The Morgan fingerprint density at radius 1 is 1.15 bits per heavy atom. The first-order valence-electron chi connectivity index (χ1n) is 8.60. The van der Waals surface area contributed by atoms with Crippen LogP contribution in [0.3, 0.4) is 0 Å². The van der Waals surface area contributed by atoms with Crippen LogP contribution in [0.5, 0.6) is 0 Å². The van der Waals surface area contributed by atoms with Crippen LogP contribution in [0.15, 0.2) is 33.9 Å². The summed E-state index contributed by atoms with van der Waals surface area (Å²) < 4.78 is 2.50. The first-order valence-corrected chi connectivity index (χ1v) is 10.3. The van der Waals surface area contributed by atoms with Crippen LogP contribution in [0, 0.1) is 0 Å². The maximum atomic E-state index is 12.6. The molecule has 0 fully saturated rings. The highest BCUT2D eigenvalue weighted by Crippen LogP contribution is 2.24. The van der Waals surface area contributed by atoms with Crippen molar-refractivity contribution in [1.82, 2.24) is 24.6 Å². The largest absolute Gasteiger partial charge is 0.354 e. The van der Waals surface area contributed by atoms with Crippen LogP contribution in [-0.2, 0) is 0 Å². The van der Waals surface area contributed by atoms with Gasteiger partial charge in [0.25, 0.3) is 5.78 Å². The first kappa shape index (κ1) is 19.6. The number of rotatable bonds is 8. The van der Waals surface area contributed by atoms with E-state index in [4.69, 9.17) is 0 Å². The Bertz CT molecular complexity index is 944. The number of thioether (sulfide) groups is 1. The van der Waals surface area contributed by atoms with Crippen LogP contribution in [-0.4, -0.2) is 48.7 Å². The van der Waals surface area contributed by atoms with Gasteiger partial charge < -0.3 is 10.6 Å². The molecular formula is C17H20BrN7OS. The van der Waals surface area contributed by atoms with E-state index in [0.29, 0.717) is 41.5 Å². The number of carbonyl (C=O) groups excluding carboxylic acids is 1. The maximum absolute atomic E-state index is 12.6. The Balaban J connectivity index is 1.84. The van der Waals surface area contributed by atoms with Crippen molar-refractivity contribution in [2.24, 2.45) is 0 Å². The van der Waals surface area contributed by atoms with Gasteiger partial charge in [-0.1, -0.05) is 39.8 Å². The first-order chi connectivity index (χ1) is 13.0. The van der Waals surface area contributed by atoms with Gasteiger partial charge in [0.2, 0.25) is 17.1 Å². The van der Waals surface area contributed by atoms with Crippen molar-refractivity contribution in [1.29, 1.82) is 0 Å². The highest BCUT2D eigenvalue weighted by molar-refractivity contribution is 9.10. The fraction of sp³-hybridized carbons (Fsp3) is 0.353. The molecule has 0 amide bonds. The number of fused-ring (bicyclic) bond motifs is 1. The summed E-state index contributed by atoms with van der Waals surface area (Å²) in [6, 6.07) is 7.32. The summed E-state index contributed by atoms with van der Waals surface area (Å²) in [4.78, 5) is 25.9. The lowest BCUT2D eigenvalue weighted by atomic mass is 10.1. The fourth-order valence-corrected chi connectivity index (χ4v) is 3.47. The second-order valence-electron chi connectivity index (χ2n) is 5.67. The van der Waals surface area contributed by atoms with Gasteiger partial charge in [-0.3, -0.25) is 4.79 Å². The van der Waals surface area contributed by atoms with Gasteiger partial charge in [-0.25, -0.2) is 0 Å². The molecule has 0 saturated heterocycles. The number of nitrogens with one attached hydrogen (secondary N) is 2. The van der Waals surface area contributed by atoms with E-state index in [1.807, 2.05) is 32.9 Å². The van der Waals surface area contributed by atoms with Gasteiger partial charge >= 0.3 is 0 Å². The molecule has 2 heterocycles. The lowest BCUT2D eigenvalue weighted by Crippen LogP contribution is -2.13. The van der Waals surface area contributed by atoms with Crippen LogP contribution < -0.4 is 10.6 Å². The lowest BCUT2D eigenvalue weighted by molar-refractivity contribution is 0.0994. The quantitative estimate of drug-likeness (QED) is 0.398. The molecule has 2 aromatic heterocycles. The third-order valence-corrected chi connectivity index (χ3v) is 5.12.